The van der Waals surface area contributed by atoms with E-state index in [0.29, 0.717) is 19.0 Å². The van der Waals surface area contributed by atoms with Crippen LogP contribution in [0.15, 0.2) is 70.2 Å². The summed E-state index contributed by atoms with van der Waals surface area (Å²) in [5.41, 5.74) is 2.83. The van der Waals surface area contributed by atoms with Crippen molar-refractivity contribution in [3.8, 4) is 11.3 Å². The van der Waals surface area contributed by atoms with Crippen molar-refractivity contribution in [1.82, 2.24) is 15.8 Å². The van der Waals surface area contributed by atoms with Crippen molar-refractivity contribution < 1.29 is 8.91 Å². The molecule has 0 aliphatic heterocycles. The van der Waals surface area contributed by atoms with Gasteiger partial charge in [0.05, 0.1) is 6.54 Å². The lowest BCUT2D eigenvalue weighted by atomic mass is 9.96. The molecular formula is C22H23FN4O. The maximum Gasteiger partial charge on any atom is 0.191 e. The van der Waals surface area contributed by atoms with E-state index in [1.807, 2.05) is 42.5 Å². The largest absolute Gasteiger partial charge is 0.356 e. The van der Waals surface area contributed by atoms with Crippen LogP contribution in [0.3, 0.4) is 0 Å². The van der Waals surface area contributed by atoms with Gasteiger partial charge in [-0.1, -0.05) is 47.6 Å². The minimum absolute atomic E-state index is 0.00586. The summed E-state index contributed by atoms with van der Waals surface area (Å²) in [6, 6.07) is 18.7. The monoisotopic (exact) mass is 378 g/mol. The van der Waals surface area contributed by atoms with Gasteiger partial charge >= 0.3 is 0 Å². The molecule has 1 heterocycles. The molecule has 1 fully saturated rings. The lowest BCUT2D eigenvalue weighted by Gasteiger charge is -2.19. The van der Waals surface area contributed by atoms with Crippen LogP contribution in [0.2, 0.25) is 0 Å². The van der Waals surface area contributed by atoms with Crippen molar-refractivity contribution in [2.45, 2.75) is 24.8 Å². The van der Waals surface area contributed by atoms with Crippen LogP contribution in [0, 0.1) is 5.82 Å². The third-order valence-electron chi connectivity index (χ3n) is 5.16. The lowest BCUT2D eigenvalue weighted by Crippen LogP contribution is -2.41. The van der Waals surface area contributed by atoms with Crippen molar-refractivity contribution in [1.29, 1.82) is 0 Å². The Labute approximate surface area is 163 Å². The zero-order valence-electron chi connectivity index (χ0n) is 15.8. The van der Waals surface area contributed by atoms with Crippen molar-refractivity contribution in [3.63, 3.8) is 0 Å². The predicted molar refractivity (Wildman–Crippen MR) is 107 cm³/mol. The second kappa shape index (κ2) is 7.84. The van der Waals surface area contributed by atoms with Crippen LogP contribution in [-0.2, 0) is 12.0 Å². The van der Waals surface area contributed by atoms with Gasteiger partial charge in [0.25, 0.3) is 0 Å². The van der Waals surface area contributed by atoms with Crippen LogP contribution in [0.4, 0.5) is 4.39 Å². The summed E-state index contributed by atoms with van der Waals surface area (Å²) in [4.78, 5) is 4.27. The topological polar surface area (TPSA) is 62.5 Å². The first kappa shape index (κ1) is 18.2. The highest BCUT2D eigenvalue weighted by Crippen LogP contribution is 2.47. The zero-order chi connectivity index (χ0) is 19.4. The minimum atomic E-state index is -0.188. The number of hydrogen-bond acceptors (Lipinski definition) is 3. The summed E-state index contributed by atoms with van der Waals surface area (Å²) in [5, 5.41) is 10.7. The van der Waals surface area contributed by atoms with Crippen LogP contribution in [0.5, 0.6) is 0 Å². The summed E-state index contributed by atoms with van der Waals surface area (Å²) < 4.78 is 19.0. The van der Waals surface area contributed by atoms with E-state index in [4.69, 9.17) is 4.52 Å². The van der Waals surface area contributed by atoms with E-state index in [0.717, 1.165) is 35.4 Å². The first-order valence-electron chi connectivity index (χ1n) is 9.40. The fraction of sp³-hybridized carbons (Fsp3) is 0.273. The first-order valence-corrected chi connectivity index (χ1v) is 9.40. The molecule has 0 radical (unpaired) electrons. The van der Waals surface area contributed by atoms with Gasteiger partial charge in [-0.3, -0.25) is 4.99 Å². The number of aromatic nitrogens is 1. The van der Waals surface area contributed by atoms with Crippen LogP contribution < -0.4 is 10.6 Å². The van der Waals surface area contributed by atoms with Crippen LogP contribution in [0.25, 0.3) is 11.3 Å². The van der Waals surface area contributed by atoms with Gasteiger partial charge in [-0.15, -0.1) is 0 Å². The lowest BCUT2D eigenvalue weighted by molar-refractivity contribution is 0.422. The van der Waals surface area contributed by atoms with Gasteiger partial charge in [0.15, 0.2) is 11.7 Å². The van der Waals surface area contributed by atoms with E-state index in [1.54, 1.807) is 19.2 Å². The van der Waals surface area contributed by atoms with Gasteiger partial charge < -0.3 is 15.2 Å². The van der Waals surface area contributed by atoms with E-state index in [-0.39, 0.29) is 11.2 Å². The molecule has 0 unspecified atom stereocenters. The standard InChI is InChI=1S/C22H23FN4O/c1-24-21(26-15-22(10-11-22)17-8-5-9-18(23)12-17)25-14-19-13-20(28-27-19)16-6-3-2-4-7-16/h2-9,12-13H,10-11,14-15H2,1H3,(H2,24,25,26). The molecule has 1 aliphatic carbocycles. The normalized spacial score (nSPS) is 15.3. The molecule has 6 heteroatoms. The van der Waals surface area contributed by atoms with E-state index in [2.05, 4.69) is 20.8 Å². The molecule has 0 atom stereocenters. The molecule has 2 N–H and O–H groups in total. The molecule has 5 nitrogen and oxygen atoms in total. The Morgan fingerprint density at radius 3 is 2.64 bits per heavy atom. The average molecular weight is 378 g/mol. The molecule has 2 aromatic carbocycles. The molecule has 1 aliphatic rings. The van der Waals surface area contributed by atoms with E-state index in [9.17, 15) is 4.39 Å². The number of nitrogens with zero attached hydrogens (tertiary/aromatic N) is 2. The summed E-state index contributed by atoms with van der Waals surface area (Å²) >= 11 is 0. The average Bonchev–Trinajstić information content (AvgIpc) is 3.38. The molecule has 1 aromatic heterocycles. The number of hydrogen-bond donors (Lipinski definition) is 2. The van der Waals surface area contributed by atoms with Crippen molar-refractivity contribution >= 4 is 5.96 Å². The van der Waals surface area contributed by atoms with Crippen molar-refractivity contribution in [2.75, 3.05) is 13.6 Å². The maximum absolute atomic E-state index is 13.6. The molecule has 4 rings (SSSR count). The molecule has 0 amide bonds. The van der Waals surface area contributed by atoms with Gasteiger partial charge in [-0.2, -0.15) is 0 Å². The minimum Gasteiger partial charge on any atom is -0.356 e. The van der Waals surface area contributed by atoms with Gasteiger partial charge in [0, 0.05) is 30.6 Å². The van der Waals surface area contributed by atoms with E-state index < -0.39 is 0 Å². The quantitative estimate of drug-likeness (QED) is 0.505. The number of benzene rings is 2. The summed E-state index contributed by atoms with van der Waals surface area (Å²) in [6.07, 6.45) is 2.09. The Hall–Kier alpha value is -3.15. The molecule has 0 spiro atoms. The number of guanidine groups is 1. The fourth-order valence-corrected chi connectivity index (χ4v) is 3.32. The highest BCUT2D eigenvalue weighted by atomic mass is 19.1. The Morgan fingerprint density at radius 2 is 1.93 bits per heavy atom. The smallest absolute Gasteiger partial charge is 0.191 e. The fourth-order valence-electron chi connectivity index (χ4n) is 3.32. The second-order valence-electron chi connectivity index (χ2n) is 7.12. The van der Waals surface area contributed by atoms with Gasteiger partial charge in [0.2, 0.25) is 0 Å². The molecule has 1 saturated carbocycles. The van der Waals surface area contributed by atoms with E-state index >= 15 is 0 Å². The van der Waals surface area contributed by atoms with Gasteiger partial charge in [-0.05, 0) is 30.5 Å². The molecule has 28 heavy (non-hydrogen) atoms. The second-order valence-corrected chi connectivity index (χ2v) is 7.12. The van der Waals surface area contributed by atoms with Gasteiger partial charge in [0.1, 0.15) is 11.5 Å². The molecule has 0 saturated heterocycles. The zero-order valence-corrected chi connectivity index (χ0v) is 15.8. The van der Waals surface area contributed by atoms with Crippen molar-refractivity contribution in [2.24, 2.45) is 4.99 Å². The number of aliphatic imine (C=N–C) groups is 1. The summed E-state index contributed by atoms with van der Waals surface area (Å²) in [6.45, 7) is 1.22. The van der Waals surface area contributed by atoms with Crippen LogP contribution in [-0.4, -0.2) is 24.7 Å². The third kappa shape index (κ3) is 4.06. The number of nitrogens with one attached hydrogen (secondary N) is 2. The third-order valence-corrected chi connectivity index (χ3v) is 5.16. The molecule has 3 aromatic rings. The van der Waals surface area contributed by atoms with Gasteiger partial charge in [-0.25, -0.2) is 4.39 Å². The summed E-state index contributed by atoms with van der Waals surface area (Å²) in [7, 11) is 1.73. The highest BCUT2D eigenvalue weighted by Gasteiger charge is 2.44. The van der Waals surface area contributed by atoms with Crippen molar-refractivity contribution in [3.05, 3.63) is 77.7 Å². The highest BCUT2D eigenvalue weighted by molar-refractivity contribution is 5.79. The Kier molecular flexibility index (Phi) is 5.10. The maximum atomic E-state index is 13.6. The van der Waals surface area contributed by atoms with Crippen LogP contribution >= 0.6 is 0 Å². The Bertz CT molecular complexity index is 963. The molecule has 144 valence electrons. The van der Waals surface area contributed by atoms with E-state index in [1.165, 1.54) is 6.07 Å². The number of rotatable bonds is 6. The molecule has 0 bridgehead atoms. The Morgan fingerprint density at radius 1 is 1.11 bits per heavy atom. The predicted octanol–water partition coefficient (Wildman–Crippen LogP) is 3.88. The van der Waals surface area contributed by atoms with Crippen LogP contribution in [0.1, 0.15) is 24.1 Å². The summed E-state index contributed by atoms with van der Waals surface area (Å²) in [5.74, 6) is 1.24. The SMILES string of the molecule is CN=C(NCc1cc(-c2ccccc2)on1)NCC1(c2cccc(F)c2)CC1. The Balaban J connectivity index is 1.33. The molecular weight excluding hydrogens is 355 g/mol. The number of halogens is 1. The first-order chi connectivity index (χ1) is 13.7.